The third kappa shape index (κ3) is 4.55. The summed E-state index contributed by atoms with van der Waals surface area (Å²) in [5, 5.41) is 11.2. The van der Waals surface area contributed by atoms with E-state index >= 15 is 0 Å². The standard InChI is InChI=1S/C17H22N4O/c1-13(2)11-18-16-10-9-15(19-20-16)17(22)21(3)12-14-7-5-4-6-8-14/h4-10,13H,11-12H2,1-3H3,(H,18,20). The van der Waals surface area contributed by atoms with Crippen molar-refractivity contribution in [2.45, 2.75) is 20.4 Å². The molecule has 0 atom stereocenters. The number of carbonyl (C=O) groups excluding carboxylic acids is 1. The van der Waals surface area contributed by atoms with Crippen LogP contribution >= 0.6 is 0 Å². The molecule has 22 heavy (non-hydrogen) atoms. The molecule has 0 unspecified atom stereocenters. The minimum absolute atomic E-state index is 0.133. The van der Waals surface area contributed by atoms with Crippen LogP contribution in [0.25, 0.3) is 0 Å². The molecule has 0 saturated carbocycles. The first-order valence-corrected chi connectivity index (χ1v) is 7.43. The largest absolute Gasteiger partial charge is 0.368 e. The van der Waals surface area contributed by atoms with Gasteiger partial charge in [0.1, 0.15) is 5.82 Å². The first-order valence-electron chi connectivity index (χ1n) is 7.43. The lowest BCUT2D eigenvalue weighted by Crippen LogP contribution is -2.27. The topological polar surface area (TPSA) is 58.1 Å². The maximum atomic E-state index is 12.3. The number of rotatable bonds is 6. The van der Waals surface area contributed by atoms with Gasteiger partial charge in [0.05, 0.1) is 0 Å². The summed E-state index contributed by atoms with van der Waals surface area (Å²) in [5.74, 6) is 1.09. The van der Waals surface area contributed by atoms with Crippen molar-refractivity contribution in [2.75, 3.05) is 18.9 Å². The van der Waals surface area contributed by atoms with E-state index in [0.717, 1.165) is 12.1 Å². The molecule has 0 aliphatic rings. The highest BCUT2D eigenvalue weighted by Crippen LogP contribution is 2.08. The van der Waals surface area contributed by atoms with Crippen LogP contribution in [0.2, 0.25) is 0 Å². The van der Waals surface area contributed by atoms with Gasteiger partial charge in [-0.15, -0.1) is 10.2 Å². The molecule has 1 aromatic heterocycles. The summed E-state index contributed by atoms with van der Waals surface area (Å²) < 4.78 is 0. The predicted molar refractivity (Wildman–Crippen MR) is 87.6 cm³/mol. The Balaban J connectivity index is 1.97. The highest BCUT2D eigenvalue weighted by Gasteiger charge is 2.14. The van der Waals surface area contributed by atoms with Crippen LogP contribution in [-0.2, 0) is 6.54 Å². The number of nitrogens with zero attached hydrogens (tertiary/aromatic N) is 3. The Morgan fingerprint density at radius 3 is 2.45 bits per heavy atom. The third-order valence-electron chi connectivity index (χ3n) is 3.18. The molecule has 2 aromatic rings. The molecular formula is C17H22N4O. The number of hydrogen-bond acceptors (Lipinski definition) is 4. The molecule has 0 fully saturated rings. The number of hydrogen-bond donors (Lipinski definition) is 1. The fourth-order valence-corrected chi connectivity index (χ4v) is 1.97. The monoisotopic (exact) mass is 298 g/mol. The van der Waals surface area contributed by atoms with E-state index in [1.165, 1.54) is 0 Å². The molecule has 0 radical (unpaired) electrons. The smallest absolute Gasteiger partial charge is 0.274 e. The second kappa shape index (κ2) is 7.54. The number of amides is 1. The zero-order valence-electron chi connectivity index (χ0n) is 13.3. The Morgan fingerprint density at radius 1 is 1.14 bits per heavy atom. The van der Waals surface area contributed by atoms with Crippen LogP contribution in [0.1, 0.15) is 29.9 Å². The van der Waals surface area contributed by atoms with Gasteiger partial charge in [-0.25, -0.2) is 0 Å². The summed E-state index contributed by atoms with van der Waals surface area (Å²) in [6, 6.07) is 13.4. The van der Waals surface area contributed by atoms with Crippen LogP contribution < -0.4 is 5.32 Å². The van der Waals surface area contributed by atoms with Gasteiger partial charge in [0.15, 0.2) is 5.69 Å². The van der Waals surface area contributed by atoms with Crippen LogP contribution in [0.15, 0.2) is 42.5 Å². The first-order chi connectivity index (χ1) is 10.6. The van der Waals surface area contributed by atoms with Crippen molar-refractivity contribution < 1.29 is 4.79 Å². The van der Waals surface area contributed by atoms with Gasteiger partial charge in [0.25, 0.3) is 5.91 Å². The molecule has 0 saturated heterocycles. The summed E-state index contributed by atoms with van der Waals surface area (Å²) in [6.45, 7) is 5.62. The molecule has 5 nitrogen and oxygen atoms in total. The maximum absolute atomic E-state index is 12.3. The van der Waals surface area contributed by atoms with Crippen molar-refractivity contribution in [1.29, 1.82) is 0 Å². The average molecular weight is 298 g/mol. The zero-order chi connectivity index (χ0) is 15.9. The number of nitrogens with one attached hydrogen (secondary N) is 1. The fourth-order valence-electron chi connectivity index (χ4n) is 1.97. The van der Waals surface area contributed by atoms with Crippen molar-refractivity contribution >= 4 is 11.7 Å². The van der Waals surface area contributed by atoms with E-state index in [1.807, 2.05) is 30.3 Å². The molecule has 0 aliphatic carbocycles. The Hall–Kier alpha value is -2.43. The maximum Gasteiger partial charge on any atom is 0.274 e. The van der Waals surface area contributed by atoms with Crippen LogP contribution in [-0.4, -0.2) is 34.6 Å². The summed E-state index contributed by atoms with van der Waals surface area (Å²) in [5.41, 5.74) is 1.44. The minimum atomic E-state index is -0.133. The van der Waals surface area contributed by atoms with Gasteiger partial charge in [-0.05, 0) is 23.6 Å². The van der Waals surface area contributed by atoms with Crippen LogP contribution in [0.4, 0.5) is 5.82 Å². The minimum Gasteiger partial charge on any atom is -0.368 e. The summed E-state index contributed by atoms with van der Waals surface area (Å²) in [7, 11) is 1.77. The van der Waals surface area contributed by atoms with Gasteiger partial charge in [0.2, 0.25) is 0 Å². The van der Waals surface area contributed by atoms with Gasteiger partial charge in [-0.1, -0.05) is 44.2 Å². The molecule has 1 heterocycles. The fraction of sp³-hybridized carbons (Fsp3) is 0.353. The molecule has 1 amide bonds. The Labute approximate surface area is 131 Å². The molecule has 5 heteroatoms. The van der Waals surface area contributed by atoms with Crippen LogP contribution in [0, 0.1) is 5.92 Å². The van der Waals surface area contributed by atoms with E-state index in [-0.39, 0.29) is 5.91 Å². The number of benzene rings is 1. The van der Waals surface area contributed by atoms with Crippen molar-refractivity contribution in [3.8, 4) is 0 Å². The normalized spacial score (nSPS) is 10.5. The predicted octanol–water partition coefficient (Wildman–Crippen LogP) is 2.82. The van der Waals surface area contributed by atoms with Crippen molar-refractivity contribution in [3.63, 3.8) is 0 Å². The van der Waals surface area contributed by atoms with E-state index < -0.39 is 0 Å². The zero-order valence-corrected chi connectivity index (χ0v) is 13.3. The Bertz CT molecular complexity index is 596. The van der Waals surface area contributed by atoms with Gasteiger partial charge >= 0.3 is 0 Å². The van der Waals surface area contributed by atoms with Crippen molar-refractivity contribution in [1.82, 2.24) is 15.1 Å². The van der Waals surface area contributed by atoms with Crippen molar-refractivity contribution in [3.05, 3.63) is 53.7 Å². The molecule has 1 N–H and O–H groups in total. The van der Waals surface area contributed by atoms with Gasteiger partial charge in [0, 0.05) is 20.1 Å². The van der Waals surface area contributed by atoms with Gasteiger partial charge in [-0.2, -0.15) is 0 Å². The second-order valence-corrected chi connectivity index (χ2v) is 5.73. The second-order valence-electron chi connectivity index (χ2n) is 5.73. The quantitative estimate of drug-likeness (QED) is 0.891. The molecule has 0 aliphatic heterocycles. The average Bonchev–Trinajstić information content (AvgIpc) is 2.53. The number of carbonyl (C=O) groups is 1. The summed E-state index contributed by atoms with van der Waals surface area (Å²) in [6.07, 6.45) is 0. The lowest BCUT2D eigenvalue weighted by atomic mass is 10.2. The van der Waals surface area contributed by atoms with E-state index in [0.29, 0.717) is 24.0 Å². The van der Waals surface area contributed by atoms with Gasteiger partial charge < -0.3 is 10.2 Å². The third-order valence-corrected chi connectivity index (χ3v) is 3.18. The molecule has 1 aromatic carbocycles. The lowest BCUT2D eigenvalue weighted by molar-refractivity contribution is 0.0778. The summed E-state index contributed by atoms with van der Waals surface area (Å²) >= 11 is 0. The van der Waals surface area contributed by atoms with E-state index in [2.05, 4.69) is 29.4 Å². The Kier molecular flexibility index (Phi) is 5.47. The number of anilines is 1. The van der Waals surface area contributed by atoms with Crippen LogP contribution in [0.5, 0.6) is 0 Å². The van der Waals surface area contributed by atoms with E-state index in [1.54, 1.807) is 24.1 Å². The van der Waals surface area contributed by atoms with E-state index in [9.17, 15) is 4.79 Å². The summed E-state index contributed by atoms with van der Waals surface area (Å²) in [4.78, 5) is 14.0. The Morgan fingerprint density at radius 2 is 1.86 bits per heavy atom. The van der Waals surface area contributed by atoms with Crippen molar-refractivity contribution in [2.24, 2.45) is 5.92 Å². The molecule has 2 rings (SSSR count). The first kappa shape index (κ1) is 15.9. The van der Waals surface area contributed by atoms with Gasteiger partial charge in [-0.3, -0.25) is 4.79 Å². The molecule has 116 valence electrons. The highest BCUT2D eigenvalue weighted by atomic mass is 16.2. The molecule has 0 spiro atoms. The highest BCUT2D eigenvalue weighted by molar-refractivity contribution is 5.92. The number of aromatic nitrogens is 2. The molecular weight excluding hydrogens is 276 g/mol. The SMILES string of the molecule is CC(C)CNc1ccc(C(=O)N(C)Cc2ccccc2)nn1. The lowest BCUT2D eigenvalue weighted by Gasteiger charge is -2.16. The van der Waals surface area contributed by atoms with Crippen LogP contribution in [0.3, 0.4) is 0 Å². The molecule has 0 bridgehead atoms. The van der Waals surface area contributed by atoms with E-state index in [4.69, 9.17) is 0 Å².